The molecule has 1 aliphatic heterocycles. The number of hydrogen-bond donors (Lipinski definition) is 1. The van der Waals surface area contributed by atoms with Crippen LogP contribution in [0.5, 0.6) is 0 Å². The maximum absolute atomic E-state index is 12.3. The molecule has 0 radical (unpaired) electrons. The number of ketones is 1. The van der Waals surface area contributed by atoms with Gasteiger partial charge in [0.15, 0.2) is 10.1 Å². The van der Waals surface area contributed by atoms with Crippen molar-refractivity contribution in [3.05, 3.63) is 29.3 Å². The fraction of sp³-hybridized carbons (Fsp3) is 0.308. The van der Waals surface area contributed by atoms with E-state index in [0.29, 0.717) is 33.7 Å². The highest BCUT2D eigenvalue weighted by molar-refractivity contribution is 8.01. The average molecular weight is 370 g/mol. The largest absolute Gasteiger partial charge is 0.374 e. The van der Waals surface area contributed by atoms with Gasteiger partial charge in [-0.05, 0) is 30.2 Å². The van der Waals surface area contributed by atoms with Crippen LogP contribution in [-0.4, -0.2) is 43.0 Å². The zero-order valence-corrected chi connectivity index (χ0v) is 14.7. The van der Waals surface area contributed by atoms with E-state index < -0.39 is 10.0 Å². The highest BCUT2D eigenvalue weighted by Crippen LogP contribution is 2.31. The van der Waals surface area contributed by atoms with E-state index in [-0.39, 0.29) is 11.5 Å². The lowest BCUT2D eigenvalue weighted by atomic mass is 10.1. The molecular weight excluding hydrogens is 356 g/mol. The first-order valence-corrected chi connectivity index (χ1v) is 10.4. The number of fused-ring (bicyclic) bond motifs is 1. The lowest BCUT2D eigenvalue weighted by Crippen LogP contribution is -2.27. The summed E-state index contributed by atoms with van der Waals surface area (Å²) in [7, 11) is -3.27. The van der Waals surface area contributed by atoms with Crippen LogP contribution in [0.3, 0.4) is 0 Å². The average Bonchev–Trinajstić information content (AvgIpc) is 3.09. The molecule has 0 atom stereocenters. The highest BCUT2D eigenvalue weighted by Gasteiger charge is 2.26. The van der Waals surface area contributed by atoms with Crippen molar-refractivity contribution in [3.63, 3.8) is 0 Å². The molecule has 1 aromatic carbocycles. The second-order valence-corrected chi connectivity index (χ2v) is 9.19. The zero-order valence-electron chi connectivity index (χ0n) is 12.2. The Bertz CT molecular complexity index is 863. The Labute approximate surface area is 142 Å². The van der Waals surface area contributed by atoms with Crippen LogP contribution in [0, 0.1) is 0 Å². The maximum atomic E-state index is 12.3. The molecule has 122 valence electrons. The Hall–Kier alpha value is -1.65. The SMILES string of the molecule is CS(=O)(=O)N1CCc2cc(C(=O)CSc3nnc(N)s3)ccc21. The van der Waals surface area contributed by atoms with E-state index in [4.69, 9.17) is 5.73 Å². The Kier molecular flexibility index (Phi) is 4.30. The van der Waals surface area contributed by atoms with Crippen LogP contribution in [0.1, 0.15) is 15.9 Å². The number of sulfonamides is 1. The number of nitrogens with zero attached hydrogens (tertiary/aromatic N) is 3. The van der Waals surface area contributed by atoms with E-state index in [9.17, 15) is 13.2 Å². The molecule has 2 aromatic rings. The second kappa shape index (κ2) is 6.10. The predicted octanol–water partition coefficient (Wildman–Crippen LogP) is 1.42. The number of carbonyl (C=O) groups excluding carboxylic acids is 1. The van der Waals surface area contributed by atoms with E-state index in [1.54, 1.807) is 18.2 Å². The number of nitrogen functional groups attached to an aromatic ring is 1. The van der Waals surface area contributed by atoms with Gasteiger partial charge >= 0.3 is 0 Å². The minimum Gasteiger partial charge on any atom is -0.374 e. The summed E-state index contributed by atoms with van der Waals surface area (Å²) in [5.74, 6) is 0.202. The molecule has 10 heteroatoms. The monoisotopic (exact) mass is 370 g/mol. The van der Waals surface area contributed by atoms with Gasteiger partial charge in [-0.3, -0.25) is 9.10 Å². The van der Waals surface area contributed by atoms with Gasteiger partial charge in [-0.1, -0.05) is 23.1 Å². The fourth-order valence-corrected chi connectivity index (χ4v) is 4.87. The van der Waals surface area contributed by atoms with Crippen LogP contribution in [0.15, 0.2) is 22.5 Å². The molecule has 7 nitrogen and oxygen atoms in total. The van der Waals surface area contributed by atoms with Crippen LogP contribution in [-0.2, 0) is 16.4 Å². The van der Waals surface area contributed by atoms with Crippen molar-refractivity contribution in [1.29, 1.82) is 0 Å². The molecule has 0 saturated heterocycles. The molecule has 0 fully saturated rings. The number of nitrogens with two attached hydrogens (primary N) is 1. The molecule has 0 saturated carbocycles. The summed E-state index contributed by atoms with van der Waals surface area (Å²) >= 11 is 2.53. The normalized spacial score (nSPS) is 14.0. The summed E-state index contributed by atoms with van der Waals surface area (Å²) in [4.78, 5) is 12.3. The van der Waals surface area contributed by atoms with Crippen molar-refractivity contribution in [2.45, 2.75) is 10.8 Å². The minimum absolute atomic E-state index is 0.0376. The van der Waals surface area contributed by atoms with Crippen molar-refractivity contribution in [1.82, 2.24) is 10.2 Å². The Morgan fingerprint density at radius 1 is 1.43 bits per heavy atom. The Morgan fingerprint density at radius 2 is 2.22 bits per heavy atom. The lowest BCUT2D eigenvalue weighted by molar-refractivity contribution is 0.102. The highest BCUT2D eigenvalue weighted by atomic mass is 32.2. The molecule has 1 aromatic heterocycles. The van der Waals surface area contributed by atoms with Crippen LogP contribution in [0.25, 0.3) is 0 Å². The molecular formula is C13H14N4O3S3. The molecule has 0 unspecified atom stereocenters. The number of thioether (sulfide) groups is 1. The van der Waals surface area contributed by atoms with Crippen molar-refractivity contribution < 1.29 is 13.2 Å². The van der Waals surface area contributed by atoms with Crippen molar-refractivity contribution in [2.75, 3.05) is 28.6 Å². The fourth-order valence-electron chi connectivity index (χ4n) is 2.38. The van der Waals surface area contributed by atoms with Crippen molar-refractivity contribution in [2.24, 2.45) is 0 Å². The first-order valence-electron chi connectivity index (χ1n) is 6.70. The molecule has 23 heavy (non-hydrogen) atoms. The summed E-state index contributed by atoms with van der Waals surface area (Å²) in [5.41, 5.74) is 7.61. The number of rotatable bonds is 5. The van der Waals surface area contributed by atoms with Crippen LogP contribution < -0.4 is 10.0 Å². The molecule has 0 spiro atoms. The van der Waals surface area contributed by atoms with Crippen molar-refractivity contribution >= 4 is 49.7 Å². The maximum Gasteiger partial charge on any atom is 0.232 e. The molecule has 0 aliphatic carbocycles. The summed E-state index contributed by atoms with van der Waals surface area (Å²) in [6.45, 7) is 0.421. The van der Waals surface area contributed by atoms with Gasteiger partial charge < -0.3 is 5.73 Å². The predicted molar refractivity (Wildman–Crippen MR) is 91.7 cm³/mol. The van der Waals surface area contributed by atoms with Gasteiger partial charge in [-0.2, -0.15) is 0 Å². The van der Waals surface area contributed by atoms with Crippen LogP contribution in [0.2, 0.25) is 0 Å². The molecule has 2 heterocycles. The van der Waals surface area contributed by atoms with E-state index in [1.807, 2.05) is 0 Å². The van der Waals surface area contributed by atoms with Gasteiger partial charge in [0.1, 0.15) is 0 Å². The number of anilines is 2. The lowest BCUT2D eigenvalue weighted by Gasteiger charge is -2.16. The number of hydrogen-bond acceptors (Lipinski definition) is 8. The van der Waals surface area contributed by atoms with Crippen molar-refractivity contribution in [3.8, 4) is 0 Å². The van der Waals surface area contributed by atoms with Gasteiger partial charge in [0.25, 0.3) is 0 Å². The summed E-state index contributed by atoms with van der Waals surface area (Å²) < 4.78 is 25.4. The van der Waals surface area contributed by atoms with E-state index in [0.717, 1.165) is 5.56 Å². The zero-order chi connectivity index (χ0) is 16.6. The summed E-state index contributed by atoms with van der Waals surface area (Å²) in [5, 5.41) is 7.93. The van der Waals surface area contributed by atoms with E-state index in [2.05, 4.69) is 10.2 Å². The van der Waals surface area contributed by atoms with Gasteiger partial charge in [0.2, 0.25) is 15.2 Å². The molecule has 2 N–H and O–H groups in total. The third-order valence-electron chi connectivity index (χ3n) is 3.40. The van der Waals surface area contributed by atoms with Gasteiger partial charge in [-0.25, -0.2) is 8.42 Å². The van der Waals surface area contributed by atoms with Crippen LogP contribution >= 0.6 is 23.1 Å². The first kappa shape index (κ1) is 16.2. The smallest absolute Gasteiger partial charge is 0.232 e. The third kappa shape index (κ3) is 3.48. The van der Waals surface area contributed by atoms with Gasteiger partial charge in [-0.15, -0.1) is 10.2 Å². The van der Waals surface area contributed by atoms with Crippen LogP contribution in [0.4, 0.5) is 10.8 Å². The first-order chi connectivity index (χ1) is 10.8. The summed E-state index contributed by atoms with van der Waals surface area (Å²) in [6, 6.07) is 5.14. The number of Topliss-reactive ketones (excluding diaryl/α,β-unsaturated/α-hetero) is 1. The number of carbonyl (C=O) groups is 1. The molecule has 0 amide bonds. The number of benzene rings is 1. The van der Waals surface area contributed by atoms with Gasteiger partial charge in [0.05, 0.1) is 17.7 Å². The molecule has 3 rings (SSSR count). The molecule has 1 aliphatic rings. The third-order valence-corrected chi connectivity index (χ3v) is 6.47. The summed E-state index contributed by atoms with van der Waals surface area (Å²) in [6.07, 6.45) is 1.80. The number of aromatic nitrogens is 2. The second-order valence-electron chi connectivity index (χ2n) is 5.05. The topological polar surface area (TPSA) is 106 Å². The quantitative estimate of drug-likeness (QED) is 0.626. The van der Waals surface area contributed by atoms with E-state index in [1.165, 1.54) is 33.7 Å². The van der Waals surface area contributed by atoms with E-state index >= 15 is 0 Å². The Morgan fingerprint density at radius 3 is 2.87 bits per heavy atom. The standard InChI is InChI=1S/C13H14N4O3S3/c1-23(19,20)17-5-4-8-6-9(2-3-10(8)17)11(18)7-21-13-16-15-12(14)22-13/h2-3,6H,4-5,7H2,1H3,(H2,14,15). The molecule has 0 bridgehead atoms. The minimum atomic E-state index is -3.27. The van der Waals surface area contributed by atoms with Gasteiger partial charge in [0, 0.05) is 12.1 Å². The Balaban J connectivity index is 1.73.